The van der Waals surface area contributed by atoms with Crippen LogP contribution < -0.4 is 11.6 Å². The zero-order valence-corrected chi connectivity index (χ0v) is 14.3. The number of halogens is 3. The van der Waals surface area contributed by atoms with E-state index in [0.717, 1.165) is 12.3 Å². The van der Waals surface area contributed by atoms with E-state index in [4.69, 9.17) is 11.6 Å². The summed E-state index contributed by atoms with van der Waals surface area (Å²) in [5, 5.41) is 1.36. The van der Waals surface area contributed by atoms with Gasteiger partial charge in [-0.15, -0.1) is 0 Å². The summed E-state index contributed by atoms with van der Waals surface area (Å²) in [7, 11) is 3.05. The van der Waals surface area contributed by atoms with Crippen LogP contribution in [-0.2, 0) is 0 Å². The molecule has 0 aliphatic carbocycles. The highest BCUT2D eigenvalue weighted by molar-refractivity contribution is 5.99. The number of alkyl halides is 1. The lowest BCUT2D eigenvalue weighted by atomic mass is 9.86. The molecule has 0 fully saturated rings. The second-order valence-electron chi connectivity index (χ2n) is 5.12. The first kappa shape index (κ1) is 21.9. The number of hydrogen-bond donors (Lipinski definition) is 2. The van der Waals surface area contributed by atoms with Crippen molar-refractivity contribution < 1.29 is 13.2 Å². The van der Waals surface area contributed by atoms with Gasteiger partial charge in [0.15, 0.2) is 5.83 Å². The number of aliphatic imine (C=N–C) groups is 2. The van der Waals surface area contributed by atoms with E-state index in [9.17, 15) is 13.2 Å². The topological polar surface area (TPSA) is 80.0 Å². The normalized spacial score (nSPS) is 16.9. The van der Waals surface area contributed by atoms with Crippen LogP contribution in [0.2, 0.25) is 0 Å². The van der Waals surface area contributed by atoms with Crippen LogP contribution in [0.1, 0.15) is 13.3 Å². The Morgan fingerprint density at radius 3 is 2.46 bits per heavy atom. The van der Waals surface area contributed by atoms with E-state index in [1.165, 1.54) is 24.5 Å². The van der Waals surface area contributed by atoms with Gasteiger partial charge >= 0.3 is 0 Å². The van der Waals surface area contributed by atoms with Gasteiger partial charge in [0.2, 0.25) is 0 Å². The van der Waals surface area contributed by atoms with Gasteiger partial charge < -0.3 is 10.7 Å². The van der Waals surface area contributed by atoms with Crippen molar-refractivity contribution in [3.63, 3.8) is 0 Å². The minimum atomic E-state index is -0.876. The fourth-order valence-electron chi connectivity index (χ4n) is 2.24. The van der Waals surface area contributed by atoms with Gasteiger partial charge in [0.05, 0.1) is 12.1 Å². The Labute approximate surface area is 141 Å². The van der Waals surface area contributed by atoms with Crippen molar-refractivity contribution in [2.75, 3.05) is 27.3 Å². The van der Waals surface area contributed by atoms with Gasteiger partial charge in [-0.05, 0) is 24.5 Å². The molecule has 0 aromatic rings. The Morgan fingerprint density at radius 2 is 1.96 bits per heavy atom. The molecule has 0 aromatic carbocycles. The largest absolute Gasteiger partial charge is 0.402 e. The fourth-order valence-corrected chi connectivity index (χ4v) is 2.24. The number of rotatable bonds is 10. The van der Waals surface area contributed by atoms with Gasteiger partial charge in [-0.25, -0.2) is 19.0 Å². The average Bonchev–Trinajstić information content (AvgIpc) is 2.54. The smallest absolute Gasteiger partial charge is 0.159 e. The molecule has 5 nitrogen and oxygen atoms in total. The highest BCUT2D eigenvalue weighted by Crippen LogP contribution is 2.23. The van der Waals surface area contributed by atoms with Crippen LogP contribution in [0.5, 0.6) is 0 Å². The first-order valence-corrected chi connectivity index (χ1v) is 7.47. The van der Waals surface area contributed by atoms with Crippen molar-refractivity contribution in [2.24, 2.45) is 33.4 Å². The maximum atomic E-state index is 13.8. The van der Waals surface area contributed by atoms with Gasteiger partial charge in [-0.1, -0.05) is 13.0 Å². The fraction of sp³-hybridized carbons (Fsp3) is 0.500. The van der Waals surface area contributed by atoms with Crippen LogP contribution in [-0.4, -0.2) is 44.4 Å². The van der Waals surface area contributed by atoms with Crippen molar-refractivity contribution in [2.45, 2.75) is 13.3 Å². The predicted molar refractivity (Wildman–Crippen MR) is 93.6 cm³/mol. The molecule has 4 N–H and O–H groups in total. The molecule has 2 atom stereocenters. The minimum absolute atomic E-state index is 0.188. The van der Waals surface area contributed by atoms with E-state index in [1.54, 1.807) is 20.0 Å². The molecule has 0 saturated heterocycles. The minimum Gasteiger partial charge on any atom is -0.402 e. The van der Waals surface area contributed by atoms with E-state index >= 15 is 0 Å². The molecular weight excluding hydrogens is 319 g/mol. The molecule has 0 heterocycles. The molecule has 8 heteroatoms. The number of nitrogens with zero attached hydrogens (tertiary/aromatic N) is 3. The zero-order chi connectivity index (χ0) is 18.5. The van der Waals surface area contributed by atoms with Crippen LogP contribution in [0.3, 0.4) is 0 Å². The van der Waals surface area contributed by atoms with Crippen molar-refractivity contribution >= 4 is 12.1 Å². The molecule has 2 unspecified atom stereocenters. The first-order chi connectivity index (χ1) is 11.4. The van der Waals surface area contributed by atoms with E-state index in [0.29, 0.717) is 13.0 Å². The molecule has 0 radical (unpaired) electrons. The first-order valence-electron chi connectivity index (χ1n) is 7.47. The van der Waals surface area contributed by atoms with Crippen molar-refractivity contribution in [1.82, 2.24) is 5.01 Å². The monoisotopic (exact) mass is 345 g/mol. The summed E-state index contributed by atoms with van der Waals surface area (Å²) < 4.78 is 39.1. The lowest BCUT2D eigenvalue weighted by molar-refractivity contribution is 0.317. The molecule has 0 spiro atoms. The average molecular weight is 345 g/mol. The van der Waals surface area contributed by atoms with Crippen LogP contribution in [0.25, 0.3) is 0 Å². The molecule has 0 saturated carbocycles. The van der Waals surface area contributed by atoms with Crippen molar-refractivity contribution in [3.05, 3.63) is 36.1 Å². The Kier molecular flexibility index (Phi) is 11.3. The Morgan fingerprint density at radius 1 is 1.29 bits per heavy atom. The molecule has 0 aromatic heterocycles. The number of nitrogens with two attached hydrogens (primary N) is 2. The third-order valence-electron chi connectivity index (χ3n) is 3.47. The van der Waals surface area contributed by atoms with Gasteiger partial charge in [-0.3, -0.25) is 9.98 Å². The van der Waals surface area contributed by atoms with Gasteiger partial charge in [0.1, 0.15) is 12.5 Å². The second-order valence-corrected chi connectivity index (χ2v) is 5.12. The summed E-state index contributed by atoms with van der Waals surface area (Å²) in [6, 6.07) is 0. The van der Waals surface area contributed by atoms with E-state index in [-0.39, 0.29) is 17.5 Å². The van der Waals surface area contributed by atoms with Crippen LogP contribution in [0.4, 0.5) is 13.2 Å². The number of hydrazine groups is 1. The van der Waals surface area contributed by atoms with E-state index in [2.05, 4.69) is 9.98 Å². The molecule has 0 rings (SSSR count). The summed E-state index contributed by atoms with van der Waals surface area (Å²) in [6.45, 7) is 1.25. The third-order valence-corrected chi connectivity index (χ3v) is 3.47. The lowest BCUT2D eigenvalue weighted by Gasteiger charge is -2.27. The van der Waals surface area contributed by atoms with Gasteiger partial charge in [0, 0.05) is 32.8 Å². The summed E-state index contributed by atoms with van der Waals surface area (Å²) in [6.07, 6.45) is 6.22. The molecule has 136 valence electrons. The standard InChI is InChI=1S/C16H26F3N5/c1-12(16(23-3)15(19)9-20)13(10-24(21)11-22-2)5-4-6-14(18)7-8-17/h4,6-7,9,11-13H,5,8,10,20-21H2,1-3H3/b6-4-,14-7+,15-9+,22-11?,23-16?. The summed E-state index contributed by atoms with van der Waals surface area (Å²) in [4.78, 5) is 7.76. The Bertz CT molecular complexity index is 512. The maximum absolute atomic E-state index is 13.8. The van der Waals surface area contributed by atoms with E-state index < -0.39 is 18.3 Å². The van der Waals surface area contributed by atoms with Gasteiger partial charge in [0.25, 0.3) is 0 Å². The van der Waals surface area contributed by atoms with Crippen molar-refractivity contribution in [1.29, 1.82) is 0 Å². The Hall–Kier alpha value is -2.09. The Balaban J connectivity index is 5.27. The van der Waals surface area contributed by atoms with Crippen LogP contribution >= 0.6 is 0 Å². The van der Waals surface area contributed by atoms with E-state index in [1.807, 2.05) is 0 Å². The molecule has 24 heavy (non-hydrogen) atoms. The summed E-state index contributed by atoms with van der Waals surface area (Å²) >= 11 is 0. The number of allylic oxidation sites excluding steroid dienone is 5. The molecular formula is C16H26F3N5. The van der Waals surface area contributed by atoms with Crippen molar-refractivity contribution in [3.8, 4) is 0 Å². The second kappa shape index (κ2) is 12.3. The highest BCUT2D eigenvalue weighted by Gasteiger charge is 2.24. The quantitative estimate of drug-likeness (QED) is 0.210. The molecule has 0 amide bonds. The molecule has 0 aliphatic rings. The maximum Gasteiger partial charge on any atom is 0.159 e. The van der Waals surface area contributed by atoms with Crippen LogP contribution in [0.15, 0.2) is 46.1 Å². The van der Waals surface area contributed by atoms with Crippen LogP contribution in [0, 0.1) is 11.8 Å². The van der Waals surface area contributed by atoms with Gasteiger partial charge in [-0.2, -0.15) is 0 Å². The predicted octanol–water partition coefficient (Wildman–Crippen LogP) is 2.68. The summed E-state index contributed by atoms with van der Waals surface area (Å²) in [5.41, 5.74) is 5.43. The SMILES string of the molecule is CN=CN(N)CC(C/C=C\C(F)=C/CF)C(C)C(=NC)/C(F)=C\N. The third kappa shape index (κ3) is 7.96. The summed E-state index contributed by atoms with van der Waals surface area (Å²) in [5.74, 6) is 4.01. The lowest BCUT2D eigenvalue weighted by Crippen LogP contribution is -2.38. The highest BCUT2D eigenvalue weighted by atomic mass is 19.1. The zero-order valence-electron chi connectivity index (χ0n) is 14.3. The number of hydrogen-bond acceptors (Lipinski definition) is 4. The molecule has 0 bridgehead atoms. The molecule has 0 aliphatic heterocycles.